The summed E-state index contributed by atoms with van der Waals surface area (Å²) in [6.07, 6.45) is 1.51. The molecule has 0 amide bonds. The molecular formula is C9H11N5O. The van der Waals surface area contributed by atoms with Gasteiger partial charge in [-0.25, -0.2) is 9.97 Å². The molecule has 78 valence electrons. The molecule has 0 aliphatic heterocycles. The lowest BCUT2D eigenvalue weighted by atomic mass is 10.4. The minimum atomic E-state index is 0.494. The molecule has 2 aromatic rings. The molecule has 2 heterocycles. The van der Waals surface area contributed by atoms with Gasteiger partial charge < -0.3 is 9.84 Å². The van der Waals surface area contributed by atoms with Gasteiger partial charge in [-0.1, -0.05) is 5.16 Å². The Morgan fingerprint density at radius 3 is 2.87 bits per heavy atom. The van der Waals surface area contributed by atoms with Gasteiger partial charge in [0.05, 0.1) is 6.54 Å². The summed E-state index contributed by atoms with van der Waals surface area (Å²) in [5, 5.41) is 6.84. The Morgan fingerprint density at radius 2 is 2.20 bits per heavy atom. The van der Waals surface area contributed by atoms with E-state index in [1.54, 1.807) is 6.92 Å². The van der Waals surface area contributed by atoms with Crippen LogP contribution in [0.3, 0.4) is 0 Å². The van der Waals surface area contributed by atoms with Crippen LogP contribution in [0.1, 0.15) is 17.4 Å². The number of rotatable bonds is 3. The lowest BCUT2D eigenvalue weighted by Gasteiger charge is -2.01. The molecule has 2 rings (SSSR count). The van der Waals surface area contributed by atoms with Crippen molar-refractivity contribution in [3.8, 4) is 0 Å². The lowest BCUT2D eigenvalue weighted by molar-refractivity contribution is 0.388. The second-order valence-corrected chi connectivity index (χ2v) is 3.13. The summed E-state index contributed by atoms with van der Waals surface area (Å²) in [5.74, 6) is 1.93. The minimum absolute atomic E-state index is 0.494. The number of aryl methyl sites for hydroxylation is 2. The van der Waals surface area contributed by atoms with Gasteiger partial charge in [-0.05, 0) is 6.92 Å². The highest BCUT2D eigenvalue weighted by molar-refractivity contribution is 5.34. The van der Waals surface area contributed by atoms with E-state index in [4.69, 9.17) is 4.52 Å². The predicted octanol–water partition coefficient (Wildman–Crippen LogP) is 1.09. The molecule has 0 aliphatic rings. The molecule has 6 nitrogen and oxygen atoms in total. The summed E-state index contributed by atoms with van der Waals surface area (Å²) in [6.45, 7) is 4.16. The first-order valence-corrected chi connectivity index (χ1v) is 4.56. The summed E-state index contributed by atoms with van der Waals surface area (Å²) in [4.78, 5) is 12.1. The Balaban J connectivity index is 1.99. The van der Waals surface area contributed by atoms with E-state index in [0.29, 0.717) is 18.3 Å². The highest BCUT2D eigenvalue weighted by atomic mass is 16.5. The van der Waals surface area contributed by atoms with Gasteiger partial charge in [0.1, 0.15) is 12.1 Å². The van der Waals surface area contributed by atoms with Crippen molar-refractivity contribution in [3.63, 3.8) is 0 Å². The van der Waals surface area contributed by atoms with E-state index in [-0.39, 0.29) is 0 Å². The molecule has 6 heteroatoms. The molecule has 0 aromatic carbocycles. The Hall–Kier alpha value is -1.98. The van der Waals surface area contributed by atoms with Gasteiger partial charge >= 0.3 is 0 Å². The number of hydrogen-bond donors (Lipinski definition) is 1. The molecule has 0 radical (unpaired) electrons. The van der Waals surface area contributed by atoms with Crippen LogP contribution < -0.4 is 5.32 Å². The molecule has 0 saturated heterocycles. The van der Waals surface area contributed by atoms with Gasteiger partial charge in [0.2, 0.25) is 5.89 Å². The summed E-state index contributed by atoms with van der Waals surface area (Å²) in [6, 6.07) is 1.85. The van der Waals surface area contributed by atoms with Gasteiger partial charge in [-0.2, -0.15) is 4.98 Å². The monoisotopic (exact) mass is 205 g/mol. The standard InChI is InChI=1S/C9H11N5O/c1-6-3-8(12-5-11-6)10-4-9-13-7(2)15-14-9/h3,5H,4H2,1-2H3,(H,10,11,12). The summed E-state index contributed by atoms with van der Waals surface area (Å²) < 4.78 is 4.84. The Labute approximate surface area is 86.8 Å². The van der Waals surface area contributed by atoms with Crippen LogP contribution in [0.5, 0.6) is 0 Å². The van der Waals surface area contributed by atoms with Crippen molar-refractivity contribution in [2.75, 3.05) is 5.32 Å². The molecular weight excluding hydrogens is 194 g/mol. The fourth-order valence-corrected chi connectivity index (χ4v) is 1.13. The number of nitrogens with zero attached hydrogens (tertiary/aromatic N) is 4. The Morgan fingerprint density at radius 1 is 1.33 bits per heavy atom. The molecule has 0 aliphatic carbocycles. The van der Waals surface area contributed by atoms with Gasteiger partial charge in [0, 0.05) is 18.7 Å². The third-order valence-electron chi connectivity index (χ3n) is 1.80. The van der Waals surface area contributed by atoms with Crippen molar-refractivity contribution in [1.29, 1.82) is 0 Å². The van der Waals surface area contributed by atoms with E-state index in [1.165, 1.54) is 6.33 Å². The number of hydrogen-bond acceptors (Lipinski definition) is 6. The highest BCUT2D eigenvalue weighted by Crippen LogP contribution is 2.04. The topological polar surface area (TPSA) is 76.7 Å². The van der Waals surface area contributed by atoms with E-state index < -0.39 is 0 Å². The Bertz CT molecular complexity index is 453. The number of nitrogens with one attached hydrogen (secondary N) is 1. The SMILES string of the molecule is Cc1cc(NCc2noc(C)n2)ncn1. The van der Waals surface area contributed by atoms with E-state index >= 15 is 0 Å². The van der Waals surface area contributed by atoms with Crippen molar-refractivity contribution < 1.29 is 4.52 Å². The first kappa shape index (κ1) is 9.57. The second-order valence-electron chi connectivity index (χ2n) is 3.13. The molecule has 0 bridgehead atoms. The quantitative estimate of drug-likeness (QED) is 0.808. The molecule has 0 unspecified atom stereocenters. The smallest absolute Gasteiger partial charge is 0.223 e. The molecule has 2 aromatic heterocycles. The van der Waals surface area contributed by atoms with Crippen LogP contribution in [0, 0.1) is 13.8 Å². The van der Waals surface area contributed by atoms with Crippen molar-refractivity contribution in [2.24, 2.45) is 0 Å². The maximum absolute atomic E-state index is 4.84. The van der Waals surface area contributed by atoms with Crippen LogP contribution in [-0.2, 0) is 6.54 Å². The van der Waals surface area contributed by atoms with E-state index in [9.17, 15) is 0 Å². The van der Waals surface area contributed by atoms with Crippen LogP contribution in [0.4, 0.5) is 5.82 Å². The van der Waals surface area contributed by atoms with Crippen LogP contribution in [0.25, 0.3) is 0 Å². The number of aromatic nitrogens is 4. The average Bonchev–Trinajstić information content (AvgIpc) is 2.62. The van der Waals surface area contributed by atoms with Crippen LogP contribution in [-0.4, -0.2) is 20.1 Å². The van der Waals surface area contributed by atoms with Gasteiger partial charge in [0.15, 0.2) is 5.82 Å². The fraction of sp³-hybridized carbons (Fsp3) is 0.333. The number of anilines is 1. The van der Waals surface area contributed by atoms with Crippen molar-refractivity contribution >= 4 is 5.82 Å². The predicted molar refractivity (Wildman–Crippen MR) is 53.1 cm³/mol. The first-order valence-electron chi connectivity index (χ1n) is 4.56. The van der Waals surface area contributed by atoms with E-state index in [0.717, 1.165) is 11.5 Å². The van der Waals surface area contributed by atoms with Crippen LogP contribution >= 0.6 is 0 Å². The summed E-state index contributed by atoms with van der Waals surface area (Å²) in [5.41, 5.74) is 0.914. The zero-order valence-corrected chi connectivity index (χ0v) is 8.56. The fourth-order valence-electron chi connectivity index (χ4n) is 1.13. The van der Waals surface area contributed by atoms with Crippen molar-refractivity contribution in [3.05, 3.63) is 29.8 Å². The summed E-state index contributed by atoms with van der Waals surface area (Å²) in [7, 11) is 0. The highest BCUT2D eigenvalue weighted by Gasteiger charge is 2.02. The van der Waals surface area contributed by atoms with Crippen LogP contribution in [0.15, 0.2) is 16.9 Å². The van der Waals surface area contributed by atoms with Gasteiger partial charge in [-0.15, -0.1) is 0 Å². The largest absolute Gasteiger partial charge is 0.363 e. The van der Waals surface area contributed by atoms with E-state index in [1.807, 2.05) is 13.0 Å². The first-order chi connectivity index (χ1) is 7.24. The van der Waals surface area contributed by atoms with Gasteiger partial charge in [-0.3, -0.25) is 0 Å². The molecule has 0 spiro atoms. The second kappa shape index (κ2) is 4.04. The maximum atomic E-state index is 4.84. The summed E-state index contributed by atoms with van der Waals surface area (Å²) >= 11 is 0. The molecule has 0 saturated carbocycles. The average molecular weight is 205 g/mol. The molecule has 1 N–H and O–H groups in total. The molecule has 0 atom stereocenters. The third kappa shape index (κ3) is 2.49. The third-order valence-corrected chi connectivity index (χ3v) is 1.80. The van der Waals surface area contributed by atoms with Crippen molar-refractivity contribution in [2.45, 2.75) is 20.4 Å². The van der Waals surface area contributed by atoms with Crippen molar-refractivity contribution in [1.82, 2.24) is 20.1 Å². The van der Waals surface area contributed by atoms with Crippen LogP contribution in [0.2, 0.25) is 0 Å². The molecule has 15 heavy (non-hydrogen) atoms. The van der Waals surface area contributed by atoms with Gasteiger partial charge in [0.25, 0.3) is 0 Å². The Kier molecular flexibility index (Phi) is 2.57. The van der Waals surface area contributed by atoms with E-state index in [2.05, 4.69) is 25.4 Å². The normalized spacial score (nSPS) is 10.3. The maximum Gasteiger partial charge on any atom is 0.223 e. The minimum Gasteiger partial charge on any atom is -0.363 e. The lowest BCUT2D eigenvalue weighted by Crippen LogP contribution is -2.03. The zero-order valence-electron chi connectivity index (χ0n) is 8.56. The molecule has 0 fully saturated rings. The zero-order chi connectivity index (χ0) is 10.7.